The Morgan fingerprint density at radius 3 is 2.61 bits per heavy atom. The molecule has 18 heavy (non-hydrogen) atoms. The third-order valence-electron chi connectivity index (χ3n) is 2.90. The molecule has 0 saturated heterocycles. The van der Waals surface area contributed by atoms with Crippen LogP contribution < -0.4 is 5.73 Å². The highest BCUT2D eigenvalue weighted by Gasteiger charge is 2.38. The summed E-state index contributed by atoms with van der Waals surface area (Å²) in [6, 6.07) is 2.05. The van der Waals surface area contributed by atoms with Crippen molar-refractivity contribution in [2.45, 2.75) is 30.7 Å². The summed E-state index contributed by atoms with van der Waals surface area (Å²) < 4.78 is 39.3. The van der Waals surface area contributed by atoms with Gasteiger partial charge in [0.05, 0.1) is 10.7 Å². The van der Waals surface area contributed by atoms with Crippen molar-refractivity contribution in [3.63, 3.8) is 0 Å². The largest absolute Gasteiger partial charge is 0.396 e. The summed E-state index contributed by atoms with van der Waals surface area (Å²) in [7, 11) is -3.70. The maximum absolute atomic E-state index is 13.2. The summed E-state index contributed by atoms with van der Waals surface area (Å²) >= 11 is 5.81. The Balaban J connectivity index is 2.49. The van der Waals surface area contributed by atoms with Gasteiger partial charge in [-0.25, -0.2) is 12.8 Å². The van der Waals surface area contributed by atoms with Crippen LogP contribution in [0.1, 0.15) is 19.8 Å². The van der Waals surface area contributed by atoms with Gasteiger partial charge in [0.1, 0.15) is 10.7 Å². The van der Waals surface area contributed by atoms with E-state index in [2.05, 4.69) is 0 Å². The number of anilines is 1. The van der Waals surface area contributed by atoms with Gasteiger partial charge < -0.3 is 5.73 Å². The summed E-state index contributed by atoms with van der Waals surface area (Å²) in [5.41, 5.74) is 5.19. The van der Waals surface area contributed by atoms with Gasteiger partial charge in [-0.05, 0) is 25.0 Å². The number of halogens is 2. The normalized spacial score (nSPS) is 16.2. The molecule has 0 heterocycles. The van der Waals surface area contributed by atoms with Crippen molar-refractivity contribution >= 4 is 27.3 Å². The first-order valence-corrected chi connectivity index (χ1v) is 7.46. The minimum absolute atomic E-state index is 0.0299. The van der Waals surface area contributed by atoms with Crippen LogP contribution in [0, 0.1) is 5.82 Å². The summed E-state index contributed by atoms with van der Waals surface area (Å²) in [4.78, 5) is -0.128. The Labute approximate surface area is 111 Å². The van der Waals surface area contributed by atoms with Gasteiger partial charge in [0.25, 0.3) is 0 Å². The van der Waals surface area contributed by atoms with E-state index in [1.807, 2.05) is 0 Å². The summed E-state index contributed by atoms with van der Waals surface area (Å²) in [6.45, 7) is 2.12. The topological polar surface area (TPSA) is 63.4 Å². The lowest BCUT2D eigenvalue weighted by Crippen LogP contribution is -2.33. The number of hydrogen-bond donors (Lipinski definition) is 1. The molecule has 100 valence electrons. The van der Waals surface area contributed by atoms with Gasteiger partial charge in [0, 0.05) is 12.6 Å². The van der Waals surface area contributed by atoms with Crippen molar-refractivity contribution < 1.29 is 12.8 Å². The Morgan fingerprint density at radius 2 is 2.11 bits per heavy atom. The van der Waals surface area contributed by atoms with E-state index in [9.17, 15) is 12.8 Å². The molecule has 1 aromatic rings. The van der Waals surface area contributed by atoms with Crippen LogP contribution in [0.15, 0.2) is 17.0 Å². The Morgan fingerprint density at radius 1 is 1.50 bits per heavy atom. The molecule has 0 bridgehead atoms. The van der Waals surface area contributed by atoms with Gasteiger partial charge in [0.2, 0.25) is 10.0 Å². The highest BCUT2D eigenvalue weighted by molar-refractivity contribution is 7.89. The molecular weight excluding hydrogens is 279 g/mol. The van der Waals surface area contributed by atoms with Crippen molar-refractivity contribution in [3.05, 3.63) is 23.0 Å². The first-order valence-electron chi connectivity index (χ1n) is 5.64. The highest BCUT2D eigenvalue weighted by atomic mass is 35.5. The van der Waals surface area contributed by atoms with Gasteiger partial charge in [-0.3, -0.25) is 0 Å². The van der Waals surface area contributed by atoms with E-state index in [1.165, 1.54) is 4.31 Å². The standard InChI is InChI=1S/C11H14ClFN2O2S/c1-2-15(7-3-4-7)18(16,17)11-6-10(14)9(13)5-8(11)12/h5-7H,2-4,14H2,1H3. The molecule has 2 N–H and O–H groups in total. The van der Waals surface area contributed by atoms with Crippen LogP contribution in [0.4, 0.5) is 10.1 Å². The summed E-state index contributed by atoms with van der Waals surface area (Å²) in [5.74, 6) is -0.714. The Hall–Kier alpha value is -0.850. The summed E-state index contributed by atoms with van der Waals surface area (Å²) in [6.07, 6.45) is 1.70. The second-order valence-corrected chi connectivity index (χ2v) is 6.51. The SMILES string of the molecule is CCN(C1CC1)S(=O)(=O)c1cc(N)c(F)cc1Cl. The zero-order valence-corrected chi connectivity index (χ0v) is 11.4. The van der Waals surface area contributed by atoms with E-state index >= 15 is 0 Å². The molecule has 0 atom stereocenters. The monoisotopic (exact) mass is 292 g/mol. The molecule has 4 nitrogen and oxygen atoms in total. The number of rotatable bonds is 4. The number of nitrogens with zero attached hydrogens (tertiary/aromatic N) is 1. The predicted octanol–water partition coefficient (Wildman–Crippen LogP) is 2.23. The number of nitrogens with two attached hydrogens (primary N) is 1. The first-order chi connectivity index (χ1) is 8.37. The molecule has 0 unspecified atom stereocenters. The molecular formula is C11H14ClFN2O2S. The van der Waals surface area contributed by atoms with Crippen LogP contribution >= 0.6 is 11.6 Å². The molecule has 0 spiro atoms. The highest BCUT2D eigenvalue weighted by Crippen LogP contribution is 2.35. The number of hydrogen-bond acceptors (Lipinski definition) is 3. The van der Waals surface area contributed by atoms with E-state index in [0.717, 1.165) is 25.0 Å². The van der Waals surface area contributed by atoms with Crippen LogP contribution in [0.2, 0.25) is 5.02 Å². The van der Waals surface area contributed by atoms with Crippen LogP contribution in [0.3, 0.4) is 0 Å². The fraction of sp³-hybridized carbons (Fsp3) is 0.455. The van der Waals surface area contributed by atoms with Gasteiger partial charge >= 0.3 is 0 Å². The molecule has 2 rings (SSSR count). The fourth-order valence-electron chi connectivity index (χ4n) is 1.86. The maximum Gasteiger partial charge on any atom is 0.244 e. The van der Waals surface area contributed by atoms with Gasteiger partial charge in [-0.1, -0.05) is 18.5 Å². The van der Waals surface area contributed by atoms with Gasteiger partial charge in [-0.15, -0.1) is 0 Å². The molecule has 1 aliphatic rings. The lowest BCUT2D eigenvalue weighted by Gasteiger charge is -2.20. The molecule has 1 saturated carbocycles. The van der Waals surface area contributed by atoms with E-state index < -0.39 is 15.8 Å². The second-order valence-electron chi connectivity index (χ2n) is 4.24. The number of nitrogen functional groups attached to an aromatic ring is 1. The van der Waals surface area contributed by atoms with E-state index in [1.54, 1.807) is 6.92 Å². The maximum atomic E-state index is 13.2. The van der Waals surface area contributed by atoms with Crippen LogP contribution in [0.25, 0.3) is 0 Å². The molecule has 0 aliphatic heterocycles. The molecule has 1 aromatic carbocycles. The zero-order chi connectivity index (χ0) is 13.5. The van der Waals surface area contributed by atoms with Crippen molar-refractivity contribution in [1.29, 1.82) is 0 Å². The molecule has 0 radical (unpaired) electrons. The van der Waals surface area contributed by atoms with E-state index in [-0.39, 0.29) is 21.6 Å². The lowest BCUT2D eigenvalue weighted by atomic mass is 10.3. The fourth-order valence-corrected chi connectivity index (χ4v) is 4.08. The van der Waals surface area contributed by atoms with E-state index in [0.29, 0.717) is 6.54 Å². The Bertz CT molecular complexity index is 573. The average molecular weight is 293 g/mol. The van der Waals surface area contributed by atoms with Crippen molar-refractivity contribution in [2.75, 3.05) is 12.3 Å². The van der Waals surface area contributed by atoms with Crippen LogP contribution in [0.5, 0.6) is 0 Å². The minimum Gasteiger partial charge on any atom is -0.396 e. The smallest absolute Gasteiger partial charge is 0.244 e. The van der Waals surface area contributed by atoms with Crippen LogP contribution in [-0.4, -0.2) is 25.3 Å². The zero-order valence-electron chi connectivity index (χ0n) is 9.86. The van der Waals surface area contributed by atoms with E-state index in [4.69, 9.17) is 17.3 Å². The number of benzene rings is 1. The number of sulfonamides is 1. The summed E-state index contributed by atoms with van der Waals surface area (Å²) in [5, 5.41) is -0.138. The molecule has 0 amide bonds. The second kappa shape index (κ2) is 4.68. The molecule has 1 aliphatic carbocycles. The third-order valence-corrected chi connectivity index (χ3v) is 5.40. The molecule has 0 aromatic heterocycles. The molecule has 1 fully saturated rings. The minimum atomic E-state index is -3.70. The van der Waals surface area contributed by atoms with Crippen molar-refractivity contribution in [2.24, 2.45) is 0 Å². The quantitative estimate of drug-likeness (QED) is 0.866. The van der Waals surface area contributed by atoms with Crippen LogP contribution in [-0.2, 0) is 10.0 Å². The van der Waals surface area contributed by atoms with Crippen molar-refractivity contribution in [1.82, 2.24) is 4.31 Å². The third kappa shape index (κ3) is 2.32. The predicted molar refractivity (Wildman–Crippen MR) is 68.4 cm³/mol. The lowest BCUT2D eigenvalue weighted by molar-refractivity contribution is 0.421. The first kappa shape index (κ1) is 13.6. The molecule has 7 heteroatoms. The Kier molecular flexibility index (Phi) is 3.53. The van der Waals surface area contributed by atoms with Gasteiger partial charge in [-0.2, -0.15) is 4.31 Å². The average Bonchev–Trinajstić information content (AvgIpc) is 3.08. The van der Waals surface area contributed by atoms with Crippen molar-refractivity contribution in [3.8, 4) is 0 Å². The van der Waals surface area contributed by atoms with Gasteiger partial charge in [0.15, 0.2) is 0 Å².